The number of hydrogen-bond donors (Lipinski definition) is 4. The molecule has 272 valence electrons. The molecule has 2 amide bonds. The van der Waals surface area contributed by atoms with E-state index in [1.807, 2.05) is 59.5 Å². The molecule has 2 fully saturated rings. The van der Waals surface area contributed by atoms with Gasteiger partial charge in [0.1, 0.15) is 9.21 Å². The van der Waals surface area contributed by atoms with Crippen LogP contribution in [0.5, 0.6) is 0 Å². The molecule has 5 N–H and O–H groups in total. The number of rotatable bonds is 6. The summed E-state index contributed by atoms with van der Waals surface area (Å²) < 4.78 is 1.66. The summed E-state index contributed by atoms with van der Waals surface area (Å²) in [5.74, 6) is 0.692. The van der Waals surface area contributed by atoms with Gasteiger partial charge in [-0.2, -0.15) is 10.2 Å². The van der Waals surface area contributed by atoms with Crippen LogP contribution in [0, 0.1) is 5.92 Å². The van der Waals surface area contributed by atoms with E-state index in [2.05, 4.69) is 89.5 Å². The molecule has 0 saturated carbocycles. The first-order valence-corrected chi connectivity index (χ1v) is 17.9. The number of nitrogens with two attached hydrogens (primary N) is 1. The lowest BCUT2D eigenvalue weighted by Gasteiger charge is -2.36. The number of aromatic nitrogens is 6. The average molecular weight is 834 g/mol. The van der Waals surface area contributed by atoms with Crippen LogP contribution in [-0.2, 0) is 9.59 Å². The highest BCUT2D eigenvalue weighted by molar-refractivity contribution is 9.10. The lowest BCUT2D eigenvalue weighted by Crippen LogP contribution is -2.51. The molecule has 3 aromatic heterocycles. The van der Waals surface area contributed by atoms with Crippen LogP contribution in [0.4, 0.5) is 17.1 Å². The summed E-state index contributed by atoms with van der Waals surface area (Å²) in [7, 11) is 0. The second-order valence-electron chi connectivity index (χ2n) is 12.3. The number of fused-ring (bicyclic) bond motifs is 2. The number of nitrogen functional groups attached to an aromatic ring is 1. The van der Waals surface area contributed by atoms with Crippen molar-refractivity contribution in [2.45, 2.75) is 21.3 Å². The van der Waals surface area contributed by atoms with Crippen LogP contribution >= 0.6 is 31.9 Å². The second-order valence-corrected chi connectivity index (χ2v) is 13.9. The highest BCUT2D eigenvalue weighted by Gasteiger charge is 2.31. The second kappa shape index (κ2) is 17.1. The molecular formula is C37H43Br2N11O2. The summed E-state index contributed by atoms with van der Waals surface area (Å²) in [5, 5.41) is 18.9. The van der Waals surface area contributed by atoms with Crippen molar-refractivity contribution in [3.63, 3.8) is 0 Å². The van der Waals surface area contributed by atoms with Crippen molar-refractivity contribution >= 4 is 82.5 Å². The molecule has 0 aliphatic carbocycles. The number of nitrogens with one attached hydrogen (secondary N) is 3. The largest absolute Gasteiger partial charge is 0.399 e. The number of hydrogen-bond acceptors (Lipinski definition) is 9. The van der Waals surface area contributed by atoms with Crippen molar-refractivity contribution in [1.29, 1.82) is 0 Å². The van der Waals surface area contributed by atoms with Crippen LogP contribution in [0.15, 0.2) is 88.3 Å². The van der Waals surface area contributed by atoms with E-state index in [9.17, 15) is 9.59 Å². The van der Waals surface area contributed by atoms with Crippen LogP contribution in [-0.4, -0.2) is 97.8 Å². The number of amides is 2. The predicted octanol–water partition coefficient (Wildman–Crippen LogP) is 6.57. The van der Waals surface area contributed by atoms with Crippen LogP contribution in [0.2, 0.25) is 0 Å². The Kier molecular flexibility index (Phi) is 12.6. The van der Waals surface area contributed by atoms with Gasteiger partial charge in [0.15, 0.2) is 5.82 Å². The van der Waals surface area contributed by atoms with E-state index < -0.39 is 0 Å². The van der Waals surface area contributed by atoms with E-state index in [1.54, 1.807) is 12.4 Å². The first-order chi connectivity index (χ1) is 24.3. The summed E-state index contributed by atoms with van der Waals surface area (Å²) >= 11 is 6.77. The van der Waals surface area contributed by atoms with Crippen LogP contribution in [0.3, 0.4) is 0 Å². The van der Waals surface area contributed by atoms with Crippen LogP contribution in [0.1, 0.15) is 21.3 Å². The van der Waals surface area contributed by atoms with Gasteiger partial charge in [0.25, 0.3) is 0 Å². The third kappa shape index (κ3) is 8.77. The fourth-order valence-corrected chi connectivity index (χ4v) is 7.08. The Morgan fingerprint density at radius 2 is 1.46 bits per heavy atom. The smallest absolute Gasteiger partial charge is 0.236 e. The number of carbonyl (C=O) groups is 2. The molecule has 6 aromatic rings. The number of H-pyrrole nitrogens is 2. The topological polar surface area (TPSA) is 165 Å². The number of aromatic amines is 2. The van der Waals surface area contributed by atoms with Gasteiger partial charge in [0.05, 0.1) is 23.5 Å². The van der Waals surface area contributed by atoms with E-state index in [-0.39, 0.29) is 32.6 Å². The number of anilines is 3. The zero-order valence-corrected chi connectivity index (χ0v) is 30.2. The quantitative estimate of drug-likeness (QED) is 0.136. The molecule has 1 atom stereocenters. The average Bonchev–Trinajstić information content (AvgIpc) is 3.88. The molecule has 2 saturated heterocycles. The van der Waals surface area contributed by atoms with Crippen molar-refractivity contribution in [3.8, 4) is 11.4 Å². The van der Waals surface area contributed by atoms with Crippen molar-refractivity contribution < 1.29 is 9.59 Å². The minimum Gasteiger partial charge on any atom is -0.399 e. The molecule has 8 rings (SSSR count). The Hall–Kier alpha value is -4.86. The Morgan fingerprint density at radius 3 is 2.13 bits per heavy atom. The Bertz CT molecular complexity index is 2110. The van der Waals surface area contributed by atoms with E-state index >= 15 is 0 Å². The SMILES string of the molecule is C.C.Nc1ccc2n[nH]c(Br)c2c1.O=C(Nc1ccc2n[nH]c(Br)c2c1)[C@@H]1CCN(CC(=O)N2CCN(c3ccc(-c4ncccn4)cc3)CC2)C1. The van der Waals surface area contributed by atoms with Gasteiger partial charge in [-0.25, -0.2) is 9.97 Å². The molecule has 0 unspecified atom stereocenters. The molecule has 52 heavy (non-hydrogen) atoms. The van der Waals surface area contributed by atoms with Gasteiger partial charge in [-0.1, -0.05) is 14.9 Å². The molecule has 13 nitrogen and oxygen atoms in total. The van der Waals surface area contributed by atoms with Gasteiger partial charge < -0.3 is 20.9 Å². The summed E-state index contributed by atoms with van der Waals surface area (Å²) in [6.07, 6.45) is 4.23. The normalized spacial score (nSPS) is 15.8. The number of carbonyl (C=O) groups excluding carboxylic acids is 2. The number of likely N-dealkylation sites (tertiary alicyclic amines) is 1. The molecule has 3 aromatic carbocycles. The summed E-state index contributed by atoms with van der Waals surface area (Å²) in [4.78, 5) is 40.9. The van der Waals surface area contributed by atoms with Crippen molar-refractivity contribution in [2.75, 3.05) is 61.8 Å². The fourth-order valence-electron chi connectivity index (χ4n) is 6.26. The molecule has 0 spiro atoms. The van der Waals surface area contributed by atoms with E-state index in [0.717, 1.165) is 79.7 Å². The van der Waals surface area contributed by atoms with Crippen molar-refractivity contribution in [3.05, 3.63) is 88.3 Å². The predicted molar refractivity (Wildman–Crippen MR) is 215 cm³/mol. The van der Waals surface area contributed by atoms with Gasteiger partial charge >= 0.3 is 0 Å². The summed E-state index contributed by atoms with van der Waals surface area (Å²) in [6, 6.07) is 21.3. The van der Waals surface area contributed by atoms with Crippen molar-refractivity contribution in [1.82, 2.24) is 40.2 Å². The van der Waals surface area contributed by atoms with Crippen LogP contribution in [0.25, 0.3) is 33.2 Å². The first-order valence-electron chi connectivity index (χ1n) is 16.3. The maximum Gasteiger partial charge on any atom is 0.236 e. The minimum atomic E-state index is -0.137. The molecule has 0 bridgehead atoms. The van der Waals surface area contributed by atoms with Gasteiger partial charge in [-0.3, -0.25) is 24.7 Å². The number of halogens is 2. The minimum absolute atomic E-state index is 0. The lowest BCUT2D eigenvalue weighted by molar-refractivity contribution is -0.132. The van der Waals surface area contributed by atoms with Gasteiger partial charge in [-0.05, 0) is 112 Å². The third-order valence-corrected chi connectivity index (χ3v) is 10.2. The highest BCUT2D eigenvalue weighted by atomic mass is 79.9. The van der Waals surface area contributed by atoms with Crippen LogP contribution < -0.4 is 16.0 Å². The Balaban J connectivity index is 0.000000343. The maximum atomic E-state index is 13.0. The van der Waals surface area contributed by atoms with E-state index in [0.29, 0.717) is 32.0 Å². The number of nitrogens with zero attached hydrogens (tertiary/aromatic N) is 7. The molecular weight excluding hydrogens is 790 g/mol. The molecule has 0 radical (unpaired) electrons. The zero-order chi connectivity index (χ0) is 34.6. The Labute approximate surface area is 319 Å². The monoisotopic (exact) mass is 831 g/mol. The Morgan fingerprint density at radius 1 is 0.827 bits per heavy atom. The fraction of sp³-hybridized carbons (Fsp3) is 0.297. The standard InChI is InChI=1S/C28H29BrN8O2.C7H6BrN3.2CH4/c29-26-23-16-21(4-7-24(23)33-34-26)32-28(39)20-8-11-35(17-20)18-25(38)37-14-12-36(13-15-37)22-5-2-19(3-6-22)27-30-9-1-10-31-27;8-7-5-3-4(9)1-2-6(5)10-11-7;;/h1-7,9-10,16,20H,8,11-15,17-18H2,(H,32,39)(H,33,34);1-3H,9H2,(H,10,11);2*1H4/t20-;;;/m1.../s1. The number of piperazine rings is 1. The molecule has 5 heterocycles. The summed E-state index contributed by atoms with van der Waals surface area (Å²) in [5.41, 5.74) is 11.0. The van der Waals surface area contributed by atoms with Gasteiger partial charge in [0.2, 0.25) is 11.8 Å². The molecule has 15 heteroatoms. The van der Waals surface area contributed by atoms with Gasteiger partial charge in [0, 0.05) is 78.5 Å². The molecule has 2 aliphatic rings. The summed E-state index contributed by atoms with van der Waals surface area (Å²) in [6.45, 7) is 4.63. The first kappa shape index (κ1) is 38.4. The van der Waals surface area contributed by atoms with E-state index in [4.69, 9.17) is 5.73 Å². The van der Waals surface area contributed by atoms with Gasteiger partial charge in [-0.15, -0.1) is 0 Å². The van der Waals surface area contributed by atoms with E-state index in [1.165, 1.54) is 0 Å². The maximum absolute atomic E-state index is 13.0. The highest BCUT2D eigenvalue weighted by Crippen LogP contribution is 2.26. The molecule has 2 aliphatic heterocycles. The lowest BCUT2D eigenvalue weighted by atomic mass is 10.1. The van der Waals surface area contributed by atoms with Crippen molar-refractivity contribution in [2.24, 2.45) is 5.92 Å². The number of benzene rings is 3. The third-order valence-electron chi connectivity index (χ3n) is 9.00. The zero-order valence-electron chi connectivity index (χ0n) is 27.0.